The number of rotatable bonds is 5. The highest BCUT2D eigenvalue weighted by atomic mass is 79.9. The molecule has 0 unspecified atom stereocenters. The van der Waals surface area contributed by atoms with Gasteiger partial charge in [-0.05, 0) is 42.8 Å². The molecule has 0 saturated heterocycles. The van der Waals surface area contributed by atoms with Crippen molar-refractivity contribution in [2.24, 2.45) is 0 Å². The minimum absolute atomic E-state index is 0.0781. The van der Waals surface area contributed by atoms with Crippen molar-refractivity contribution in [3.05, 3.63) is 16.7 Å². The van der Waals surface area contributed by atoms with E-state index < -0.39 is 24.4 Å². The predicted octanol–water partition coefficient (Wildman–Crippen LogP) is 3.60. The van der Waals surface area contributed by atoms with Gasteiger partial charge in [0.1, 0.15) is 18.8 Å². The molecular weight excluding hydrogens is 395 g/mol. The first-order valence-electron chi connectivity index (χ1n) is 6.96. The molecule has 1 rings (SSSR count). The lowest BCUT2D eigenvalue weighted by Crippen LogP contribution is -2.44. The number of pyridine rings is 1. The Labute approximate surface area is 146 Å². The van der Waals surface area contributed by atoms with Gasteiger partial charge in [-0.15, -0.1) is 0 Å². The fourth-order valence-corrected chi connectivity index (χ4v) is 1.94. The third-order valence-electron chi connectivity index (χ3n) is 2.47. The van der Waals surface area contributed by atoms with Gasteiger partial charge in [0.2, 0.25) is 5.88 Å². The second-order valence-corrected chi connectivity index (χ2v) is 6.83. The highest BCUT2D eigenvalue weighted by Gasteiger charge is 2.34. The van der Waals surface area contributed by atoms with E-state index in [4.69, 9.17) is 15.2 Å². The molecule has 0 saturated carbocycles. The normalized spacial score (nSPS) is 12.0. The van der Waals surface area contributed by atoms with Gasteiger partial charge >= 0.3 is 12.3 Å². The van der Waals surface area contributed by atoms with Crippen molar-refractivity contribution in [3.63, 3.8) is 0 Å². The Hall–Kier alpha value is -1.71. The van der Waals surface area contributed by atoms with Gasteiger partial charge in [-0.2, -0.15) is 13.2 Å². The van der Waals surface area contributed by atoms with Crippen LogP contribution in [0.2, 0.25) is 0 Å². The number of nitrogen functional groups attached to an aromatic ring is 1. The molecule has 10 heteroatoms. The van der Waals surface area contributed by atoms with E-state index in [1.165, 1.54) is 6.20 Å². The number of carbonyl (C=O) groups is 1. The van der Waals surface area contributed by atoms with E-state index in [1.807, 2.05) is 0 Å². The first-order chi connectivity index (χ1) is 10.9. The number of hydrogen-bond donors (Lipinski definition) is 1. The van der Waals surface area contributed by atoms with E-state index in [9.17, 15) is 18.0 Å². The number of alkyl halides is 3. The summed E-state index contributed by atoms with van der Waals surface area (Å²) in [6.45, 7) is 2.73. The largest absolute Gasteiger partial charge is 0.474 e. The zero-order valence-corrected chi connectivity index (χ0v) is 15.1. The second kappa shape index (κ2) is 7.91. The predicted molar refractivity (Wildman–Crippen MR) is 85.7 cm³/mol. The van der Waals surface area contributed by atoms with Crippen LogP contribution >= 0.6 is 15.9 Å². The number of halogens is 4. The number of carbonyl (C=O) groups excluding carboxylic acids is 1. The van der Waals surface area contributed by atoms with Crippen molar-refractivity contribution >= 4 is 27.7 Å². The molecule has 0 aliphatic rings. The molecule has 2 N–H and O–H groups in total. The Balaban J connectivity index is 2.69. The number of amides is 1. The van der Waals surface area contributed by atoms with Crippen LogP contribution in [0.5, 0.6) is 5.88 Å². The van der Waals surface area contributed by atoms with Gasteiger partial charge in [0.25, 0.3) is 0 Å². The van der Waals surface area contributed by atoms with E-state index in [-0.39, 0.29) is 24.7 Å². The lowest BCUT2D eigenvalue weighted by Gasteiger charge is -2.28. The second-order valence-electron chi connectivity index (χ2n) is 5.91. The van der Waals surface area contributed by atoms with E-state index in [2.05, 4.69) is 20.9 Å². The smallest absolute Gasteiger partial charge is 0.410 e. The standard InChI is InChI=1S/C14H19BrF3N3O3/c1-13(2,3)24-12(22)21(8-14(16,17)18)4-5-23-11-10(19)6-9(15)7-20-11/h6-7H,4-5,8,19H2,1-3H3. The number of aromatic nitrogens is 1. The van der Waals surface area contributed by atoms with Crippen LogP contribution in [0.25, 0.3) is 0 Å². The topological polar surface area (TPSA) is 77.7 Å². The maximum Gasteiger partial charge on any atom is 0.410 e. The third-order valence-corrected chi connectivity index (χ3v) is 2.90. The van der Waals surface area contributed by atoms with Crippen molar-refractivity contribution in [1.29, 1.82) is 0 Å². The molecule has 0 fully saturated rings. The van der Waals surface area contributed by atoms with Gasteiger partial charge in [-0.3, -0.25) is 4.90 Å². The molecule has 1 amide bonds. The average molecular weight is 414 g/mol. The first-order valence-corrected chi connectivity index (χ1v) is 7.75. The van der Waals surface area contributed by atoms with Crippen molar-refractivity contribution in [3.8, 4) is 5.88 Å². The molecule has 0 aliphatic carbocycles. The Bertz CT molecular complexity index is 577. The van der Waals surface area contributed by atoms with Gasteiger partial charge in [-0.25, -0.2) is 9.78 Å². The van der Waals surface area contributed by atoms with Crippen LogP contribution in [0.15, 0.2) is 16.7 Å². The fourth-order valence-electron chi connectivity index (χ4n) is 1.59. The van der Waals surface area contributed by atoms with E-state index in [1.54, 1.807) is 26.8 Å². The fraction of sp³-hybridized carbons (Fsp3) is 0.571. The summed E-state index contributed by atoms with van der Waals surface area (Å²) in [6, 6.07) is 1.55. The van der Waals surface area contributed by atoms with Crippen LogP contribution in [0.4, 0.5) is 23.7 Å². The molecule has 0 spiro atoms. The SMILES string of the molecule is CC(C)(C)OC(=O)N(CCOc1ncc(Br)cc1N)CC(F)(F)F. The Kier molecular flexibility index (Phi) is 6.70. The Morgan fingerprint density at radius 3 is 2.50 bits per heavy atom. The molecule has 1 aromatic rings. The minimum atomic E-state index is -4.55. The molecule has 0 radical (unpaired) electrons. The van der Waals surface area contributed by atoms with Crippen LogP contribution in [-0.4, -0.2) is 47.5 Å². The molecule has 6 nitrogen and oxygen atoms in total. The summed E-state index contributed by atoms with van der Waals surface area (Å²) in [7, 11) is 0. The van der Waals surface area contributed by atoms with Crippen LogP contribution in [0.3, 0.4) is 0 Å². The Morgan fingerprint density at radius 1 is 1.38 bits per heavy atom. The van der Waals surface area contributed by atoms with Crippen molar-refractivity contribution < 1.29 is 27.4 Å². The summed E-state index contributed by atoms with van der Waals surface area (Å²) in [5, 5.41) is 0. The lowest BCUT2D eigenvalue weighted by molar-refractivity contribution is -0.145. The third kappa shape index (κ3) is 7.71. The summed E-state index contributed by atoms with van der Waals surface area (Å²) in [6.07, 6.45) is -4.18. The maximum atomic E-state index is 12.6. The number of anilines is 1. The highest BCUT2D eigenvalue weighted by molar-refractivity contribution is 9.10. The van der Waals surface area contributed by atoms with Gasteiger partial charge < -0.3 is 15.2 Å². The molecular formula is C14H19BrF3N3O3. The molecule has 0 aromatic carbocycles. The molecule has 1 aromatic heterocycles. The lowest BCUT2D eigenvalue weighted by atomic mass is 10.2. The average Bonchev–Trinajstić information content (AvgIpc) is 2.36. The summed E-state index contributed by atoms with van der Waals surface area (Å²) in [5.41, 5.74) is 5.00. The number of nitrogens with zero attached hydrogens (tertiary/aromatic N) is 2. The summed E-state index contributed by atoms with van der Waals surface area (Å²) in [5.74, 6) is 0.0781. The van der Waals surface area contributed by atoms with Crippen LogP contribution in [0, 0.1) is 0 Å². The molecule has 1 heterocycles. The van der Waals surface area contributed by atoms with E-state index >= 15 is 0 Å². The molecule has 0 atom stereocenters. The maximum absolute atomic E-state index is 12.6. The zero-order chi connectivity index (χ0) is 18.5. The molecule has 24 heavy (non-hydrogen) atoms. The highest BCUT2D eigenvalue weighted by Crippen LogP contribution is 2.22. The van der Waals surface area contributed by atoms with Crippen molar-refractivity contribution in [2.45, 2.75) is 32.5 Å². The van der Waals surface area contributed by atoms with Gasteiger partial charge in [0, 0.05) is 10.7 Å². The number of nitrogens with two attached hydrogens (primary N) is 1. The quantitative estimate of drug-likeness (QED) is 0.797. The Morgan fingerprint density at radius 2 is 2.00 bits per heavy atom. The van der Waals surface area contributed by atoms with Gasteiger partial charge in [0.05, 0.1) is 12.2 Å². The van der Waals surface area contributed by atoms with Crippen LogP contribution in [-0.2, 0) is 4.74 Å². The number of hydrogen-bond acceptors (Lipinski definition) is 5. The minimum Gasteiger partial charge on any atom is -0.474 e. The van der Waals surface area contributed by atoms with Crippen LogP contribution < -0.4 is 10.5 Å². The van der Waals surface area contributed by atoms with E-state index in [0.29, 0.717) is 9.37 Å². The van der Waals surface area contributed by atoms with Crippen molar-refractivity contribution in [2.75, 3.05) is 25.4 Å². The van der Waals surface area contributed by atoms with Crippen molar-refractivity contribution in [1.82, 2.24) is 9.88 Å². The van der Waals surface area contributed by atoms with Gasteiger partial charge in [-0.1, -0.05) is 0 Å². The zero-order valence-electron chi connectivity index (χ0n) is 13.5. The summed E-state index contributed by atoms with van der Waals surface area (Å²) in [4.78, 5) is 16.3. The van der Waals surface area contributed by atoms with Crippen LogP contribution in [0.1, 0.15) is 20.8 Å². The van der Waals surface area contributed by atoms with E-state index in [0.717, 1.165) is 0 Å². The molecule has 0 bridgehead atoms. The number of ether oxygens (including phenoxy) is 2. The van der Waals surface area contributed by atoms with Gasteiger partial charge in [0.15, 0.2) is 0 Å². The molecule has 136 valence electrons. The molecule has 0 aliphatic heterocycles. The monoisotopic (exact) mass is 413 g/mol. The first kappa shape index (κ1) is 20.3. The summed E-state index contributed by atoms with van der Waals surface area (Å²) >= 11 is 3.18. The summed E-state index contributed by atoms with van der Waals surface area (Å²) < 4.78 is 48.7.